The Labute approximate surface area is 133 Å². The van der Waals surface area contributed by atoms with Gasteiger partial charge in [0.25, 0.3) is 0 Å². The topological polar surface area (TPSA) is 71.6 Å². The van der Waals surface area contributed by atoms with Gasteiger partial charge >= 0.3 is 0 Å². The van der Waals surface area contributed by atoms with Crippen molar-refractivity contribution in [1.82, 2.24) is 15.0 Å². The van der Waals surface area contributed by atoms with Crippen molar-refractivity contribution in [3.8, 4) is 11.4 Å². The molecule has 1 saturated heterocycles. The van der Waals surface area contributed by atoms with Crippen molar-refractivity contribution in [3.05, 3.63) is 35.2 Å². The first-order chi connectivity index (χ1) is 10.8. The molecule has 1 aliphatic heterocycles. The molecule has 1 fully saturated rings. The third-order valence-corrected chi connectivity index (χ3v) is 3.97. The Morgan fingerprint density at radius 3 is 2.91 bits per heavy atom. The van der Waals surface area contributed by atoms with Gasteiger partial charge in [-0.1, -0.05) is 16.8 Å². The molecule has 1 atom stereocenters. The quantitative estimate of drug-likeness (QED) is 0.907. The number of rotatable bonds is 5. The third-order valence-electron chi connectivity index (χ3n) is 3.72. The molecule has 0 aliphatic carbocycles. The predicted molar refractivity (Wildman–Crippen MR) is 81.5 cm³/mol. The Bertz CT molecular complexity index is 600. The molecule has 7 heteroatoms. The van der Waals surface area contributed by atoms with Crippen molar-refractivity contribution >= 4 is 11.6 Å². The van der Waals surface area contributed by atoms with Crippen LogP contribution in [0.25, 0.3) is 11.4 Å². The van der Waals surface area contributed by atoms with E-state index in [0.717, 1.165) is 12.1 Å². The Kier molecular flexibility index (Phi) is 5.04. The normalized spacial score (nSPS) is 19.5. The zero-order valence-corrected chi connectivity index (χ0v) is 12.9. The fourth-order valence-electron chi connectivity index (χ4n) is 2.52. The molecule has 2 aromatic rings. The van der Waals surface area contributed by atoms with Gasteiger partial charge in [0.2, 0.25) is 11.7 Å². The lowest BCUT2D eigenvalue weighted by Gasteiger charge is -2.34. The summed E-state index contributed by atoms with van der Waals surface area (Å²) in [6, 6.07) is 7.50. The lowest BCUT2D eigenvalue weighted by molar-refractivity contribution is -0.0234. The largest absolute Gasteiger partial charge is 0.396 e. The predicted octanol–water partition coefficient (Wildman–Crippen LogP) is 1.97. The molecule has 1 aromatic carbocycles. The fourth-order valence-corrected chi connectivity index (χ4v) is 2.65. The number of halogens is 1. The van der Waals surface area contributed by atoms with Crippen LogP contribution in [0.2, 0.25) is 5.02 Å². The standard InChI is InChI=1S/C15H18ClN3O3/c16-12-3-1-11(2-4-12)15-17-14(22-18-15)9-19-6-8-21-10-13(19)5-7-20/h1-4,13,20H,5-10H2/t13-/m1/s1. The van der Waals surface area contributed by atoms with Gasteiger partial charge in [-0.15, -0.1) is 0 Å². The summed E-state index contributed by atoms with van der Waals surface area (Å²) in [4.78, 5) is 6.64. The van der Waals surface area contributed by atoms with Crippen molar-refractivity contribution in [2.24, 2.45) is 0 Å². The van der Waals surface area contributed by atoms with E-state index in [1.807, 2.05) is 12.1 Å². The van der Waals surface area contributed by atoms with Crippen LogP contribution in [0.1, 0.15) is 12.3 Å². The number of aromatic nitrogens is 2. The molecule has 22 heavy (non-hydrogen) atoms. The Morgan fingerprint density at radius 2 is 2.14 bits per heavy atom. The zero-order valence-electron chi connectivity index (χ0n) is 12.1. The molecule has 1 N–H and O–H groups in total. The molecule has 0 spiro atoms. The highest BCUT2D eigenvalue weighted by Crippen LogP contribution is 2.20. The molecular formula is C15H18ClN3O3. The second-order valence-corrected chi connectivity index (χ2v) is 5.67. The van der Waals surface area contributed by atoms with E-state index in [9.17, 15) is 0 Å². The summed E-state index contributed by atoms with van der Waals surface area (Å²) < 4.78 is 10.8. The highest BCUT2D eigenvalue weighted by atomic mass is 35.5. The molecule has 0 radical (unpaired) electrons. The Balaban J connectivity index is 1.69. The van der Waals surface area contributed by atoms with Crippen LogP contribution in [0.3, 0.4) is 0 Å². The molecular weight excluding hydrogens is 306 g/mol. The summed E-state index contributed by atoms with van der Waals surface area (Å²) in [5.74, 6) is 1.12. The Hall–Kier alpha value is -1.47. The van der Waals surface area contributed by atoms with Gasteiger partial charge in [0.15, 0.2) is 0 Å². The van der Waals surface area contributed by atoms with Crippen LogP contribution in [0, 0.1) is 0 Å². The van der Waals surface area contributed by atoms with Gasteiger partial charge in [-0.3, -0.25) is 4.90 Å². The summed E-state index contributed by atoms with van der Waals surface area (Å²) in [7, 11) is 0. The van der Waals surface area contributed by atoms with E-state index in [1.54, 1.807) is 12.1 Å². The van der Waals surface area contributed by atoms with Gasteiger partial charge in [0, 0.05) is 29.8 Å². The van der Waals surface area contributed by atoms with E-state index in [4.69, 9.17) is 26.0 Å². The number of hydrogen-bond donors (Lipinski definition) is 1. The molecule has 3 rings (SSSR count). The summed E-state index contributed by atoms with van der Waals surface area (Å²) in [5.41, 5.74) is 0.869. The monoisotopic (exact) mass is 323 g/mol. The summed E-state index contributed by atoms with van der Waals surface area (Å²) in [6.45, 7) is 2.81. The lowest BCUT2D eigenvalue weighted by Crippen LogP contribution is -2.45. The second-order valence-electron chi connectivity index (χ2n) is 5.23. The van der Waals surface area contributed by atoms with Gasteiger partial charge < -0.3 is 14.4 Å². The maximum Gasteiger partial charge on any atom is 0.241 e. The molecule has 0 unspecified atom stereocenters. The molecule has 2 heterocycles. The smallest absolute Gasteiger partial charge is 0.241 e. The van der Waals surface area contributed by atoms with Crippen molar-refractivity contribution in [1.29, 1.82) is 0 Å². The molecule has 6 nitrogen and oxygen atoms in total. The van der Waals surface area contributed by atoms with Crippen LogP contribution in [-0.4, -0.2) is 52.6 Å². The number of benzene rings is 1. The van der Waals surface area contributed by atoms with Gasteiger partial charge in [-0.25, -0.2) is 0 Å². The van der Waals surface area contributed by atoms with E-state index in [2.05, 4.69) is 15.0 Å². The van der Waals surface area contributed by atoms with Crippen LogP contribution in [-0.2, 0) is 11.3 Å². The minimum absolute atomic E-state index is 0.143. The first-order valence-electron chi connectivity index (χ1n) is 7.27. The van der Waals surface area contributed by atoms with E-state index in [0.29, 0.717) is 42.9 Å². The van der Waals surface area contributed by atoms with Crippen molar-refractivity contribution in [2.45, 2.75) is 19.0 Å². The zero-order chi connectivity index (χ0) is 15.4. The average Bonchev–Trinajstić information content (AvgIpc) is 2.99. The highest BCUT2D eigenvalue weighted by Gasteiger charge is 2.24. The van der Waals surface area contributed by atoms with Gasteiger partial charge in [-0.05, 0) is 30.7 Å². The third kappa shape index (κ3) is 3.64. The molecule has 0 bridgehead atoms. The average molecular weight is 324 g/mol. The van der Waals surface area contributed by atoms with E-state index in [1.165, 1.54) is 0 Å². The van der Waals surface area contributed by atoms with Gasteiger partial charge in [0.05, 0.1) is 19.8 Å². The molecule has 1 aromatic heterocycles. The van der Waals surface area contributed by atoms with E-state index < -0.39 is 0 Å². The molecule has 0 saturated carbocycles. The second kappa shape index (κ2) is 7.19. The van der Waals surface area contributed by atoms with Crippen molar-refractivity contribution in [2.75, 3.05) is 26.4 Å². The number of hydrogen-bond acceptors (Lipinski definition) is 6. The number of ether oxygens (including phenoxy) is 1. The van der Waals surface area contributed by atoms with Gasteiger partial charge in [-0.2, -0.15) is 4.98 Å². The fraction of sp³-hybridized carbons (Fsp3) is 0.467. The minimum Gasteiger partial charge on any atom is -0.396 e. The number of aliphatic hydroxyl groups is 1. The maximum atomic E-state index is 9.13. The number of nitrogens with zero attached hydrogens (tertiary/aromatic N) is 3. The highest BCUT2D eigenvalue weighted by molar-refractivity contribution is 6.30. The van der Waals surface area contributed by atoms with E-state index >= 15 is 0 Å². The number of aliphatic hydroxyl groups excluding tert-OH is 1. The maximum absolute atomic E-state index is 9.13. The van der Waals surface area contributed by atoms with Crippen LogP contribution < -0.4 is 0 Å². The SMILES string of the molecule is OCC[C@@H]1COCCN1Cc1nc(-c2ccc(Cl)cc2)no1. The summed E-state index contributed by atoms with van der Waals surface area (Å²) in [5, 5.41) is 13.8. The summed E-state index contributed by atoms with van der Waals surface area (Å²) >= 11 is 5.88. The lowest BCUT2D eigenvalue weighted by atomic mass is 10.1. The Morgan fingerprint density at radius 1 is 1.32 bits per heavy atom. The summed E-state index contributed by atoms with van der Waals surface area (Å²) in [6.07, 6.45) is 0.679. The minimum atomic E-state index is 0.143. The van der Waals surface area contributed by atoms with Crippen LogP contribution in [0.15, 0.2) is 28.8 Å². The number of morpholine rings is 1. The first-order valence-corrected chi connectivity index (χ1v) is 7.65. The van der Waals surface area contributed by atoms with Crippen LogP contribution >= 0.6 is 11.6 Å². The van der Waals surface area contributed by atoms with Crippen molar-refractivity contribution < 1.29 is 14.4 Å². The molecule has 1 aliphatic rings. The molecule has 118 valence electrons. The van der Waals surface area contributed by atoms with Gasteiger partial charge in [0.1, 0.15) is 0 Å². The van der Waals surface area contributed by atoms with E-state index in [-0.39, 0.29) is 12.6 Å². The van der Waals surface area contributed by atoms with Crippen molar-refractivity contribution in [3.63, 3.8) is 0 Å². The van der Waals surface area contributed by atoms with Crippen LogP contribution in [0.4, 0.5) is 0 Å². The van der Waals surface area contributed by atoms with Crippen LogP contribution in [0.5, 0.6) is 0 Å². The molecule has 0 amide bonds. The first kappa shape index (κ1) is 15.4.